The summed E-state index contributed by atoms with van der Waals surface area (Å²) in [5, 5.41) is 0. The third-order valence-electron chi connectivity index (χ3n) is 4.29. The highest BCUT2D eigenvalue weighted by atomic mass is 19.1. The normalized spacial score (nSPS) is 10.8. The van der Waals surface area contributed by atoms with E-state index in [4.69, 9.17) is 4.74 Å². The zero-order chi connectivity index (χ0) is 19.5. The van der Waals surface area contributed by atoms with E-state index in [1.54, 1.807) is 24.3 Å². The fourth-order valence-corrected chi connectivity index (χ4v) is 2.88. The number of ether oxygens (including phenoxy) is 1. The number of rotatable bonds is 5. The van der Waals surface area contributed by atoms with Crippen molar-refractivity contribution in [2.75, 3.05) is 6.61 Å². The maximum Gasteiger partial charge on any atom is 0.339 e. The Hall–Kier alpha value is -3.80. The minimum absolute atomic E-state index is 0.278. The van der Waals surface area contributed by atoms with Gasteiger partial charge in [0.25, 0.3) is 0 Å². The third-order valence-corrected chi connectivity index (χ3v) is 4.29. The van der Waals surface area contributed by atoms with Crippen molar-refractivity contribution in [1.29, 1.82) is 0 Å². The van der Waals surface area contributed by atoms with E-state index in [1.807, 2.05) is 24.3 Å². The minimum atomic E-state index is -0.633. The number of hydrogen-bond acceptors (Lipinski definition) is 4. The number of para-hydroxylation sites is 2. The molecule has 6 heteroatoms. The molecule has 1 heterocycles. The number of hydrogen-bond donors (Lipinski definition) is 1. The number of fused-ring (bicyclic) bond motifs is 1. The van der Waals surface area contributed by atoms with E-state index in [-0.39, 0.29) is 5.56 Å². The second kappa shape index (κ2) is 7.44. The summed E-state index contributed by atoms with van der Waals surface area (Å²) in [5.74, 6) is -0.937. The Balaban J connectivity index is 1.55. The molecule has 0 radical (unpaired) electrons. The van der Waals surface area contributed by atoms with E-state index in [9.17, 15) is 14.0 Å². The number of halogens is 1. The lowest BCUT2D eigenvalue weighted by Crippen LogP contribution is -2.15. The third kappa shape index (κ3) is 3.53. The Kier molecular flexibility index (Phi) is 4.68. The van der Waals surface area contributed by atoms with Crippen LogP contribution >= 0.6 is 0 Å². The van der Waals surface area contributed by atoms with Crippen LogP contribution < -0.4 is 0 Å². The van der Waals surface area contributed by atoms with Crippen LogP contribution in [0.15, 0.2) is 72.8 Å². The smallest absolute Gasteiger partial charge is 0.339 e. The van der Waals surface area contributed by atoms with E-state index in [0.717, 1.165) is 11.0 Å². The SMILES string of the molecule is O=C(COC(=O)c1ccccc1-c1nc2ccccc2[nH]1)c1ccc(F)cc1. The van der Waals surface area contributed by atoms with Gasteiger partial charge in [-0.3, -0.25) is 4.79 Å². The Morgan fingerprint density at radius 3 is 2.43 bits per heavy atom. The molecule has 0 atom stereocenters. The number of nitrogens with zero attached hydrogens (tertiary/aromatic N) is 1. The van der Waals surface area contributed by atoms with Gasteiger partial charge in [-0.05, 0) is 42.5 Å². The first-order valence-electron chi connectivity index (χ1n) is 8.62. The number of imidazole rings is 1. The van der Waals surface area contributed by atoms with Crippen molar-refractivity contribution in [1.82, 2.24) is 9.97 Å². The molecule has 0 saturated carbocycles. The largest absolute Gasteiger partial charge is 0.454 e. The summed E-state index contributed by atoms with van der Waals surface area (Å²) in [6.45, 7) is -0.432. The van der Waals surface area contributed by atoms with Crippen LogP contribution in [0.3, 0.4) is 0 Å². The first kappa shape index (κ1) is 17.6. The number of aromatic nitrogens is 2. The van der Waals surface area contributed by atoms with Crippen LogP contribution in [0.5, 0.6) is 0 Å². The number of aromatic amines is 1. The van der Waals surface area contributed by atoms with E-state index < -0.39 is 24.2 Å². The van der Waals surface area contributed by atoms with Crippen molar-refractivity contribution in [3.8, 4) is 11.4 Å². The van der Waals surface area contributed by atoms with Crippen molar-refractivity contribution in [3.05, 3.63) is 89.7 Å². The molecule has 0 fully saturated rings. The van der Waals surface area contributed by atoms with Gasteiger partial charge in [-0.15, -0.1) is 0 Å². The highest BCUT2D eigenvalue weighted by Crippen LogP contribution is 2.24. The van der Waals surface area contributed by atoms with Crippen LogP contribution in [0.2, 0.25) is 0 Å². The van der Waals surface area contributed by atoms with Gasteiger partial charge in [-0.1, -0.05) is 30.3 Å². The molecule has 1 N–H and O–H groups in total. The number of Topliss-reactive ketones (excluding diaryl/α,β-unsaturated/α-hetero) is 1. The predicted molar refractivity (Wildman–Crippen MR) is 103 cm³/mol. The monoisotopic (exact) mass is 374 g/mol. The molecule has 0 bridgehead atoms. The fourth-order valence-electron chi connectivity index (χ4n) is 2.88. The molecular formula is C22H15FN2O3. The van der Waals surface area contributed by atoms with Gasteiger partial charge in [-0.25, -0.2) is 14.2 Å². The fraction of sp³-hybridized carbons (Fsp3) is 0.0455. The number of benzene rings is 3. The molecule has 0 spiro atoms. The van der Waals surface area contributed by atoms with Crippen molar-refractivity contribution >= 4 is 22.8 Å². The van der Waals surface area contributed by atoms with Crippen LogP contribution in [0.4, 0.5) is 4.39 Å². The number of ketones is 1. The molecule has 3 aromatic carbocycles. The first-order valence-corrected chi connectivity index (χ1v) is 8.62. The van der Waals surface area contributed by atoms with E-state index in [2.05, 4.69) is 9.97 Å². The molecule has 0 unspecified atom stereocenters. The quantitative estimate of drug-likeness (QED) is 0.415. The summed E-state index contributed by atoms with van der Waals surface area (Å²) in [4.78, 5) is 32.4. The highest BCUT2D eigenvalue weighted by molar-refractivity contribution is 6.01. The minimum Gasteiger partial charge on any atom is -0.454 e. The summed E-state index contributed by atoms with van der Waals surface area (Å²) >= 11 is 0. The zero-order valence-electron chi connectivity index (χ0n) is 14.7. The number of H-pyrrole nitrogens is 1. The zero-order valence-corrected chi connectivity index (χ0v) is 14.7. The van der Waals surface area contributed by atoms with Crippen LogP contribution in [-0.4, -0.2) is 28.3 Å². The van der Waals surface area contributed by atoms with Gasteiger partial charge in [0.1, 0.15) is 11.6 Å². The molecule has 28 heavy (non-hydrogen) atoms. The average Bonchev–Trinajstić information content (AvgIpc) is 3.16. The molecule has 0 aliphatic heterocycles. The molecule has 0 aliphatic rings. The van der Waals surface area contributed by atoms with Gasteiger partial charge in [0, 0.05) is 11.1 Å². The van der Waals surface area contributed by atoms with Crippen LogP contribution in [-0.2, 0) is 4.74 Å². The van der Waals surface area contributed by atoms with Gasteiger partial charge < -0.3 is 9.72 Å². The molecule has 0 aliphatic carbocycles. The lowest BCUT2D eigenvalue weighted by atomic mass is 10.1. The summed E-state index contributed by atoms with van der Waals surface area (Å²) in [6, 6.07) is 19.5. The molecule has 1 aromatic heterocycles. The Morgan fingerprint density at radius 2 is 1.64 bits per heavy atom. The van der Waals surface area contributed by atoms with Crippen LogP contribution in [0, 0.1) is 5.82 Å². The average molecular weight is 374 g/mol. The van der Waals surface area contributed by atoms with Gasteiger partial charge in [0.2, 0.25) is 0 Å². The Morgan fingerprint density at radius 1 is 0.929 bits per heavy atom. The summed E-state index contributed by atoms with van der Waals surface area (Å²) < 4.78 is 18.1. The second-order valence-electron chi connectivity index (χ2n) is 6.15. The topological polar surface area (TPSA) is 72.1 Å². The Labute approximate surface area is 159 Å². The second-order valence-corrected chi connectivity index (χ2v) is 6.15. The number of esters is 1. The van der Waals surface area contributed by atoms with Gasteiger partial charge in [-0.2, -0.15) is 0 Å². The van der Waals surface area contributed by atoms with Gasteiger partial charge in [0.15, 0.2) is 12.4 Å². The maximum absolute atomic E-state index is 13.0. The highest BCUT2D eigenvalue weighted by Gasteiger charge is 2.18. The molecule has 5 nitrogen and oxygen atoms in total. The molecule has 0 saturated heterocycles. The van der Waals surface area contributed by atoms with Crippen molar-refractivity contribution in [2.24, 2.45) is 0 Å². The molecule has 138 valence electrons. The van der Waals surface area contributed by atoms with Crippen LogP contribution in [0.1, 0.15) is 20.7 Å². The molecule has 4 rings (SSSR count). The maximum atomic E-state index is 13.0. The van der Waals surface area contributed by atoms with E-state index in [0.29, 0.717) is 17.0 Å². The van der Waals surface area contributed by atoms with E-state index in [1.165, 1.54) is 24.3 Å². The summed E-state index contributed by atoms with van der Waals surface area (Å²) in [5.41, 5.74) is 2.80. The molecular weight excluding hydrogens is 359 g/mol. The van der Waals surface area contributed by atoms with Crippen molar-refractivity contribution in [2.45, 2.75) is 0 Å². The molecule has 0 amide bonds. The summed E-state index contributed by atoms with van der Waals surface area (Å²) in [7, 11) is 0. The van der Waals surface area contributed by atoms with Crippen LogP contribution in [0.25, 0.3) is 22.4 Å². The van der Waals surface area contributed by atoms with Crippen molar-refractivity contribution < 1.29 is 18.7 Å². The number of carbonyl (C=O) groups is 2. The Bertz CT molecular complexity index is 1130. The van der Waals surface area contributed by atoms with Gasteiger partial charge >= 0.3 is 5.97 Å². The molecule has 4 aromatic rings. The number of nitrogens with one attached hydrogen (secondary N) is 1. The van der Waals surface area contributed by atoms with Crippen molar-refractivity contribution in [3.63, 3.8) is 0 Å². The standard InChI is InChI=1S/C22H15FN2O3/c23-15-11-9-14(10-12-15)20(26)13-28-22(27)17-6-2-1-5-16(17)21-24-18-7-3-4-8-19(18)25-21/h1-12H,13H2,(H,24,25). The van der Waals surface area contributed by atoms with E-state index >= 15 is 0 Å². The lowest BCUT2D eigenvalue weighted by Gasteiger charge is -2.08. The predicted octanol–water partition coefficient (Wildman–Crippen LogP) is 4.41. The first-order chi connectivity index (χ1) is 13.6. The van der Waals surface area contributed by atoms with Gasteiger partial charge in [0.05, 0.1) is 16.6 Å². The number of carbonyl (C=O) groups excluding carboxylic acids is 2. The lowest BCUT2D eigenvalue weighted by molar-refractivity contribution is 0.0475. The summed E-state index contributed by atoms with van der Waals surface area (Å²) in [6.07, 6.45) is 0.